The monoisotopic (exact) mass is 366 g/mol. The summed E-state index contributed by atoms with van der Waals surface area (Å²) in [5.74, 6) is 0.324. The third-order valence-corrected chi connectivity index (χ3v) is 5.04. The van der Waals surface area contributed by atoms with Crippen LogP contribution in [-0.2, 0) is 16.1 Å². The second kappa shape index (κ2) is 7.69. The molecule has 1 saturated heterocycles. The minimum Gasteiger partial charge on any atom is -0.350 e. The van der Waals surface area contributed by atoms with Crippen LogP contribution in [0.2, 0.25) is 0 Å². The number of amides is 2. The first-order valence-electron chi connectivity index (χ1n) is 9.21. The number of piperazine rings is 1. The molecular formula is C19H22N6O2. The minimum absolute atomic E-state index is 0.0599. The summed E-state index contributed by atoms with van der Waals surface area (Å²) >= 11 is 0. The number of carbonyl (C=O) groups is 2. The van der Waals surface area contributed by atoms with Gasteiger partial charge in [-0.05, 0) is 24.6 Å². The van der Waals surface area contributed by atoms with Gasteiger partial charge in [0.1, 0.15) is 0 Å². The van der Waals surface area contributed by atoms with Crippen molar-refractivity contribution in [3.05, 3.63) is 48.5 Å². The molecule has 0 aromatic carbocycles. The van der Waals surface area contributed by atoms with Crippen molar-refractivity contribution in [1.82, 2.24) is 25.2 Å². The number of nitrogens with zero attached hydrogens (tertiary/aromatic N) is 5. The van der Waals surface area contributed by atoms with Gasteiger partial charge in [0.05, 0.1) is 24.1 Å². The van der Waals surface area contributed by atoms with Crippen molar-refractivity contribution in [1.29, 1.82) is 0 Å². The van der Waals surface area contributed by atoms with Crippen LogP contribution in [0.5, 0.6) is 0 Å². The smallest absolute Gasteiger partial charge is 0.226 e. The van der Waals surface area contributed by atoms with E-state index in [1.54, 1.807) is 24.7 Å². The van der Waals surface area contributed by atoms with Crippen LogP contribution in [-0.4, -0.2) is 57.8 Å². The summed E-state index contributed by atoms with van der Waals surface area (Å²) in [5, 5.41) is 2.88. The highest BCUT2D eigenvalue weighted by molar-refractivity contribution is 5.92. The Morgan fingerprint density at radius 3 is 2.41 bits per heavy atom. The van der Waals surface area contributed by atoms with E-state index in [0.29, 0.717) is 45.1 Å². The molecule has 27 heavy (non-hydrogen) atoms. The highest BCUT2D eigenvalue weighted by Gasteiger charge is 2.49. The maximum absolute atomic E-state index is 12.7. The van der Waals surface area contributed by atoms with E-state index in [2.05, 4.69) is 25.2 Å². The Labute approximate surface area is 157 Å². The minimum atomic E-state index is -0.211. The van der Waals surface area contributed by atoms with Gasteiger partial charge in [0, 0.05) is 44.8 Å². The number of hydrogen-bond donors (Lipinski definition) is 1. The zero-order valence-corrected chi connectivity index (χ0v) is 15.0. The molecule has 8 nitrogen and oxygen atoms in total. The van der Waals surface area contributed by atoms with Crippen molar-refractivity contribution in [2.45, 2.75) is 13.0 Å². The first-order chi connectivity index (χ1) is 13.2. The van der Waals surface area contributed by atoms with Gasteiger partial charge in [-0.15, -0.1) is 0 Å². The second-order valence-electron chi connectivity index (χ2n) is 6.85. The van der Waals surface area contributed by atoms with E-state index < -0.39 is 0 Å². The number of aromatic nitrogens is 3. The molecule has 1 aliphatic heterocycles. The molecule has 0 spiro atoms. The molecule has 2 amide bonds. The van der Waals surface area contributed by atoms with Gasteiger partial charge in [-0.25, -0.2) is 9.97 Å². The summed E-state index contributed by atoms with van der Waals surface area (Å²) in [6.45, 7) is 3.08. The molecule has 0 bridgehead atoms. The van der Waals surface area contributed by atoms with Gasteiger partial charge in [-0.1, -0.05) is 6.07 Å². The molecule has 2 aromatic rings. The quantitative estimate of drug-likeness (QED) is 0.827. The molecular weight excluding hydrogens is 344 g/mol. The highest BCUT2D eigenvalue weighted by atomic mass is 16.2. The summed E-state index contributed by atoms with van der Waals surface area (Å²) in [6, 6.07) is 7.38. The fourth-order valence-electron chi connectivity index (χ4n) is 3.39. The van der Waals surface area contributed by atoms with Gasteiger partial charge in [-0.2, -0.15) is 0 Å². The van der Waals surface area contributed by atoms with Crippen molar-refractivity contribution in [2.75, 3.05) is 31.1 Å². The lowest BCUT2D eigenvalue weighted by Gasteiger charge is -2.34. The van der Waals surface area contributed by atoms with Gasteiger partial charge in [0.15, 0.2) is 0 Å². The van der Waals surface area contributed by atoms with E-state index in [0.717, 1.165) is 5.69 Å². The van der Waals surface area contributed by atoms with E-state index >= 15 is 0 Å². The predicted octanol–water partition coefficient (Wildman–Crippen LogP) is 0.473. The zero-order chi connectivity index (χ0) is 18.6. The SMILES string of the molecule is O=C(NCc1ccccn1)C1CC1C(=O)N1CCN(c2ncccn2)CC1. The maximum atomic E-state index is 12.7. The molecule has 2 fully saturated rings. The van der Waals surface area contributed by atoms with Crippen LogP contribution in [0.15, 0.2) is 42.9 Å². The third-order valence-electron chi connectivity index (χ3n) is 5.04. The van der Waals surface area contributed by atoms with Gasteiger partial charge < -0.3 is 15.1 Å². The van der Waals surface area contributed by atoms with Gasteiger partial charge in [0.2, 0.25) is 17.8 Å². The Hall–Kier alpha value is -3.03. The maximum Gasteiger partial charge on any atom is 0.226 e. The third kappa shape index (κ3) is 4.05. The van der Waals surface area contributed by atoms with Gasteiger partial charge >= 0.3 is 0 Å². The van der Waals surface area contributed by atoms with Crippen molar-refractivity contribution in [3.8, 4) is 0 Å². The van der Waals surface area contributed by atoms with Crippen LogP contribution >= 0.6 is 0 Å². The first kappa shape index (κ1) is 17.4. The lowest BCUT2D eigenvalue weighted by molar-refractivity contribution is -0.135. The number of carbonyl (C=O) groups excluding carboxylic acids is 2. The standard InChI is InChI=1S/C19H22N6O2/c26-17(23-13-14-4-1-2-5-20-14)15-12-16(15)18(27)24-8-10-25(11-9-24)19-21-6-3-7-22-19/h1-7,15-16H,8-13H2,(H,23,26). The van der Waals surface area contributed by atoms with Crippen LogP contribution in [0.25, 0.3) is 0 Å². The van der Waals surface area contributed by atoms with Gasteiger partial charge in [-0.3, -0.25) is 14.6 Å². The molecule has 8 heteroatoms. The normalized spacial score (nSPS) is 21.6. The average molecular weight is 366 g/mol. The van der Waals surface area contributed by atoms with Crippen molar-refractivity contribution in [3.63, 3.8) is 0 Å². The zero-order valence-electron chi connectivity index (χ0n) is 15.0. The van der Waals surface area contributed by atoms with E-state index in [1.165, 1.54) is 0 Å². The van der Waals surface area contributed by atoms with Crippen molar-refractivity contribution >= 4 is 17.8 Å². The number of rotatable bonds is 5. The molecule has 4 rings (SSSR count). The summed E-state index contributed by atoms with van der Waals surface area (Å²) in [4.78, 5) is 41.6. The first-order valence-corrected chi connectivity index (χ1v) is 9.21. The molecule has 1 N–H and O–H groups in total. The molecule has 2 aromatic heterocycles. The lowest BCUT2D eigenvalue weighted by Crippen LogP contribution is -2.50. The van der Waals surface area contributed by atoms with Crippen LogP contribution < -0.4 is 10.2 Å². The largest absolute Gasteiger partial charge is 0.350 e. The summed E-state index contributed by atoms with van der Waals surface area (Å²) in [5.41, 5.74) is 0.814. The summed E-state index contributed by atoms with van der Waals surface area (Å²) in [7, 11) is 0. The lowest BCUT2D eigenvalue weighted by atomic mass is 10.2. The molecule has 0 radical (unpaired) electrons. The number of hydrogen-bond acceptors (Lipinski definition) is 6. The van der Waals surface area contributed by atoms with Crippen LogP contribution in [0.4, 0.5) is 5.95 Å². The summed E-state index contributed by atoms with van der Waals surface area (Å²) < 4.78 is 0. The molecule has 3 heterocycles. The molecule has 2 aliphatic rings. The molecule has 1 saturated carbocycles. The molecule has 140 valence electrons. The van der Waals surface area contributed by atoms with E-state index in [-0.39, 0.29) is 23.7 Å². The van der Waals surface area contributed by atoms with Crippen LogP contribution in [0.3, 0.4) is 0 Å². The highest BCUT2D eigenvalue weighted by Crippen LogP contribution is 2.40. The Morgan fingerprint density at radius 1 is 0.963 bits per heavy atom. The number of pyridine rings is 1. The Balaban J connectivity index is 1.24. The fraction of sp³-hybridized carbons (Fsp3) is 0.421. The van der Waals surface area contributed by atoms with Crippen LogP contribution in [0, 0.1) is 11.8 Å². The van der Waals surface area contributed by atoms with Crippen molar-refractivity contribution < 1.29 is 9.59 Å². The van der Waals surface area contributed by atoms with Crippen molar-refractivity contribution in [2.24, 2.45) is 11.8 Å². The Kier molecular flexibility index (Phi) is 4.95. The Morgan fingerprint density at radius 2 is 1.70 bits per heavy atom. The summed E-state index contributed by atoms with van der Waals surface area (Å²) in [6.07, 6.45) is 5.77. The number of anilines is 1. The second-order valence-corrected chi connectivity index (χ2v) is 6.85. The van der Waals surface area contributed by atoms with Gasteiger partial charge in [0.25, 0.3) is 0 Å². The average Bonchev–Trinajstić information content (AvgIpc) is 3.54. The Bertz CT molecular complexity index is 792. The van der Waals surface area contributed by atoms with E-state index in [9.17, 15) is 9.59 Å². The van der Waals surface area contributed by atoms with E-state index in [1.807, 2.05) is 23.1 Å². The topological polar surface area (TPSA) is 91.3 Å². The van der Waals surface area contributed by atoms with Crippen LogP contribution in [0.1, 0.15) is 12.1 Å². The number of nitrogens with one attached hydrogen (secondary N) is 1. The fourth-order valence-corrected chi connectivity index (χ4v) is 3.39. The van der Waals surface area contributed by atoms with E-state index in [4.69, 9.17) is 0 Å². The predicted molar refractivity (Wildman–Crippen MR) is 98.5 cm³/mol. The molecule has 1 aliphatic carbocycles. The molecule has 2 unspecified atom stereocenters. The molecule has 2 atom stereocenters.